The Morgan fingerprint density at radius 2 is 2.11 bits per heavy atom. The summed E-state index contributed by atoms with van der Waals surface area (Å²) in [6.07, 6.45) is 0.902. The molecule has 0 unspecified atom stereocenters. The lowest BCUT2D eigenvalue weighted by Crippen LogP contribution is -2.35. The Morgan fingerprint density at radius 1 is 1.42 bits per heavy atom. The van der Waals surface area contributed by atoms with E-state index in [1.54, 1.807) is 25.3 Å². The summed E-state index contributed by atoms with van der Waals surface area (Å²) in [4.78, 5) is 12.1. The number of nitrogen functional groups attached to an aromatic ring is 1. The maximum Gasteiger partial charge on any atom is 0.251 e. The standard InChI is InChI=1S/C15H24N2O2/c1-11-12(6-5-7-13(11)16)14(18)17-10-15(2,3)8-9-19-4/h5-7H,8-10,16H2,1-4H3,(H,17,18). The highest BCUT2D eigenvalue weighted by Crippen LogP contribution is 2.20. The Balaban J connectivity index is 2.63. The molecule has 0 aliphatic carbocycles. The molecule has 1 aromatic carbocycles. The van der Waals surface area contributed by atoms with Gasteiger partial charge in [0.15, 0.2) is 0 Å². The molecule has 0 atom stereocenters. The van der Waals surface area contributed by atoms with Crippen LogP contribution in [-0.2, 0) is 4.74 Å². The van der Waals surface area contributed by atoms with Gasteiger partial charge in [-0.2, -0.15) is 0 Å². The molecule has 0 aromatic heterocycles. The molecule has 1 amide bonds. The first-order valence-electron chi connectivity index (χ1n) is 6.49. The summed E-state index contributed by atoms with van der Waals surface area (Å²) < 4.78 is 5.07. The number of amides is 1. The third kappa shape index (κ3) is 4.56. The van der Waals surface area contributed by atoms with Crippen LogP contribution in [0.2, 0.25) is 0 Å². The van der Waals surface area contributed by atoms with Gasteiger partial charge >= 0.3 is 0 Å². The Morgan fingerprint density at radius 3 is 2.74 bits per heavy atom. The predicted molar refractivity (Wildman–Crippen MR) is 78.2 cm³/mol. The molecule has 0 fully saturated rings. The lowest BCUT2D eigenvalue weighted by Gasteiger charge is -2.24. The molecule has 0 aliphatic rings. The largest absolute Gasteiger partial charge is 0.398 e. The minimum Gasteiger partial charge on any atom is -0.398 e. The van der Waals surface area contributed by atoms with Crippen LogP contribution in [0.3, 0.4) is 0 Å². The average molecular weight is 264 g/mol. The van der Waals surface area contributed by atoms with E-state index < -0.39 is 0 Å². The molecule has 0 saturated carbocycles. The summed E-state index contributed by atoms with van der Waals surface area (Å²) >= 11 is 0. The van der Waals surface area contributed by atoms with Crippen molar-refractivity contribution in [1.29, 1.82) is 0 Å². The van der Waals surface area contributed by atoms with E-state index in [0.717, 1.165) is 12.0 Å². The van der Waals surface area contributed by atoms with Crippen molar-refractivity contribution in [1.82, 2.24) is 5.32 Å². The number of carbonyl (C=O) groups excluding carboxylic acids is 1. The van der Waals surface area contributed by atoms with Crippen molar-refractivity contribution in [3.63, 3.8) is 0 Å². The molecule has 0 bridgehead atoms. The predicted octanol–water partition coefficient (Wildman–Crippen LogP) is 2.37. The molecule has 4 heteroatoms. The maximum atomic E-state index is 12.1. The van der Waals surface area contributed by atoms with Crippen molar-refractivity contribution in [3.05, 3.63) is 29.3 Å². The van der Waals surface area contributed by atoms with Crippen molar-refractivity contribution in [2.45, 2.75) is 27.2 Å². The van der Waals surface area contributed by atoms with Gasteiger partial charge in [0.25, 0.3) is 5.91 Å². The molecule has 3 N–H and O–H groups in total. The van der Waals surface area contributed by atoms with Gasteiger partial charge in [-0.3, -0.25) is 4.79 Å². The van der Waals surface area contributed by atoms with Crippen LogP contribution < -0.4 is 11.1 Å². The molecule has 4 nitrogen and oxygen atoms in total. The van der Waals surface area contributed by atoms with Gasteiger partial charge in [-0.15, -0.1) is 0 Å². The topological polar surface area (TPSA) is 64.3 Å². The Hall–Kier alpha value is -1.55. The molecule has 0 saturated heterocycles. The molecular weight excluding hydrogens is 240 g/mol. The highest BCUT2D eigenvalue weighted by Gasteiger charge is 2.19. The smallest absolute Gasteiger partial charge is 0.251 e. The van der Waals surface area contributed by atoms with Crippen molar-refractivity contribution in [3.8, 4) is 0 Å². The lowest BCUT2D eigenvalue weighted by molar-refractivity contribution is 0.0920. The molecule has 0 heterocycles. The van der Waals surface area contributed by atoms with Crippen LogP contribution >= 0.6 is 0 Å². The highest BCUT2D eigenvalue weighted by atomic mass is 16.5. The van der Waals surface area contributed by atoms with Crippen LogP contribution in [0.25, 0.3) is 0 Å². The van der Waals surface area contributed by atoms with E-state index in [1.165, 1.54) is 0 Å². The van der Waals surface area contributed by atoms with Gasteiger partial charge < -0.3 is 15.8 Å². The Labute approximate surface area is 115 Å². The van der Waals surface area contributed by atoms with E-state index in [-0.39, 0.29) is 11.3 Å². The first kappa shape index (κ1) is 15.5. The Kier molecular flexibility index (Phi) is 5.36. The van der Waals surface area contributed by atoms with Crippen molar-refractivity contribution in [2.75, 3.05) is 26.0 Å². The number of nitrogens with one attached hydrogen (secondary N) is 1. The molecule has 0 spiro atoms. The number of ether oxygens (including phenoxy) is 1. The van der Waals surface area contributed by atoms with Crippen LogP contribution in [0.4, 0.5) is 5.69 Å². The zero-order chi connectivity index (χ0) is 14.5. The fourth-order valence-corrected chi connectivity index (χ4v) is 1.78. The lowest BCUT2D eigenvalue weighted by atomic mass is 9.89. The van der Waals surface area contributed by atoms with E-state index in [2.05, 4.69) is 19.2 Å². The quantitative estimate of drug-likeness (QED) is 0.775. The second-order valence-corrected chi connectivity index (χ2v) is 5.61. The second kappa shape index (κ2) is 6.57. The Bertz CT molecular complexity index is 442. The summed E-state index contributed by atoms with van der Waals surface area (Å²) in [5.41, 5.74) is 7.94. The molecule has 19 heavy (non-hydrogen) atoms. The summed E-state index contributed by atoms with van der Waals surface area (Å²) in [5, 5.41) is 2.97. The number of methoxy groups -OCH3 is 1. The van der Waals surface area contributed by atoms with Crippen LogP contribution in [0.15, 0.2) is 18.2 Å². The normalized spacial score (nSPS) is 11.4. The van der Waals surface area contributed by atoms with Crippen LogP contribution in [0, 0.1) is 12.3 Å². The minimum absolute atomic E-state index is 0.0138. The van der Waals surface area contributed by atoms with Gasteiger partial charge in [-0.25, -0.2) is 0 Å². The van der Waals surface area contributed by atoms with Crippen LogP contribution in [0.1, 0.15) is 36.2 Å². The number of hydrogen-bond acceptors (Lipinski definition) is 3. The zero-order valence-electron chi connectivity index (χ0n) is 12.2. The van der Waals surface area contributed by atoms with Gasteiger partial charge in [0, 0.05) is 31.5 Å². The van der Waals surface area contributed by atoms with Crippen molar-refractivity contribution < 1.29 is 9.53 Å². The second-order valence-electron chi connectivity index (χ2n) is 5.61. The van der Waals surface area contributed by atoms with E-state index in [1.807, 2.05) is 6.92 Å². The molecule has 106 valence electrons. The molecule has 1 rings (SSSR count). The third-order valence-electron chi connectivity index (χ3n) is 3.33. The van der Waals surface area contributed by atoms with Crippen molar-refractivity contribution in [2.24, 2.45) is 5.41 Å². The first-order valence-corrected chi connectivity index (χ1v) is 6.49. The molecule has 0 radical (unpaired) electrons. The highest BCUT2D eigenvalue weighted by molar-refractivity contribution is 5.96. The summed E-state index contributed by atoms with van der Waals surface area (Å²) in [6, 6.07) is 5.39. The molecule has 1 aromatic rings. The number of hydrogen-bond donors (Lipinski definition) is 2. The van der Waals surface area contributed by atoms with E-state index in [9.17, 15) is 4.79 Å². The maximum absolute atomic E-state index is 12.1. The fourth-order valence-electron chi connectivity index (χ4n) is 1.78. The number of anilines is 1. The number of nitrogens with two attached hydrogens (primary N) is 1. The number of rotatable bonds is 6. The molecule has 0 aliphatic heterocycles. The number of carbonyl (C=O) groups is 1. The fraction of sp³-hybridized carbons (Fsp3) is 0.533. The monoisotopic (exact) mass is 264 g/mol. The SMILES string of the molecule is COCCC(C)(C)CNC(=O)c1cccc(N)c1C. The van der Waals surface area contributed by atoms with Gasteiger partial charge in [0.1, 0.15) is 0 Å². The van der Waals surface area contributed by atoms with Gasteiger partial charge in [0.2, 0.25) is 0 Å². The van der Waals surface area contributed by atoms with E-state index in [0.29, 0.717) is 24.4 Å². The summed E-state index contributed by atoms with van der Waals surface area (Å²) in [7, 11) is 1.69. The van der Waals surface area contributed by atoms with Gasteiger partial charge in [0.05, 0.1) is 0 Å². The van der Waals surface area contributed by atoms with Crippen LogP contribution in [-0.4, -0.2) is 26.2 Å². The van der Waals surface area contributed by atoms with E-state index >= 15 is 0 Å². The zero-order valence-corrected chi connectivity index (χ0v) is 12.2. The summed E-state index contributed by atoms with van der Waals surface area (Å²) in [6.45, 7) is 7.39. The first-order chi connectivity index (χ1) is 8.87. The number of benzene rings is 1. The van der Waals surface area contributed by atoms with Gasteiger partial charge in [-0.1, -0.05) is 19.9 Å². The average Bonchev–Trinajstić information content (AvgIpc) is 2.37. The molecular formula is C15H24N2O2. The van der Waals surface area contributed by atoms with E-state index in [4.69, 9.17) is 10.5 Å². The van der Waals surface area contributed by atoms with Gasteiger partial charge in [-0.05, 0) is 36.5 Å². The summed E-state index contributed by atoms with van der Waals surface area (Å²) in [5.74, 6) is -0.0738. The van der Waals surface area contributed by atoms with Crippen molar-refractivity contribution >= 4 is 11.6 Å². The minimum atomic E-state index is -0.0738. The van der Waals surface area contributed by atoms with Crippen LogP contribution in [0.5, 0.6) is 0 Å². The third-order valence-corrected chi connectivity index (χ3v) is 3.33.